The molecular formula is C17H28N4O. The van der Waals surface area contributed by atoms with E-state index >= 15 is 0 Å². The zero-order chi connectivity index (χ0) is 16.0. The maximum atomic E-state index is 12.0. The number of piperidine rings is 1. The van der Waals surface area contributed by atoms with Crippen molar-refractivity contribution >= 4 is 6.03 Å². The van der Waals surface area contributed by atoms with Crippen LogP contribution in [0.5, 0.6) is 0 Å². The summed E-state index contributed by atoms with van der Waals surface area (Å²) in [7, 11) is 0. The molecule has 1 saturated heterocycles. The van der Waals surface area contributed by atoms with Crippen LogP contribution in [0.3, 0.4) is 0 Å². The van der Waals surface area contributed by atoms with Gasteiger partial charge in [-0.05, 0) is 50.8 Å². The molecule has 0 radical (unpaired) electrons. The van der Waals surface area contributed by atoms with Gasteiger partial charge in [0.05, 0.1) is 0 Å². The van der Waals surface area contributed by atoms with E-state index in [-0.39, 0.29) is 17.6 Å². The molecular weight excluding hydrogens is 276 g/mol. The number of nitrogens with zero attached hydrogens (tertiary/aromatic N) is 2. The Morgan fingerprint density at radius 1 is 1.32 bits per heavy atom. The minimum absolute atomic E-state index is 0.0422. The standard InChI is InChI=1S/C17H28N4O/c1-4-17(2,3)20-16(22)19-15-7-11-21(12-8-15)13-14-5-9-18-10-6-14/h5-6,9-10,15H,4,7-8,11-13H2,1-3H3,(H2,19,20,22). The number of rotatable bonds is 5. The van der Waals surface area contributed by atoms with E-state index < -0.39 is 0 Å². The lowest BCUT2D eigenvalue weighted by Gasteiger charge is -2.33. The summed E-state index contributed by atoms with van der Waals surface area (Å²) in [6.45, 7) is 9.17. The quantitative estimate of drug-likeness (QED) is 0.879. The van der Waals surface area contributed by atoms with Crippen LogP contribution in [0.25, 0.3) is 0 Å². The number of pyridine rings is 1. The lowest BCUT2D eigenvalue weighted by molar-refractivity contribution is 0.183. The van der Waals surface area contributed by atoms with Crippen molar-refractivity contribution in [3.05, 3.63) is 30.1 Å². The Balaban J connectivity index is 1.72. The second-order valence-electron chi connectivity index (χ2n) is 6.74. The molecule has 1 aliphatic heterocycles. The normalized spacial score (nSPS) is 17.2. The van der Waals surface area contributed by atoms with Crippen LogP contribution in [-0.4, -0.2) is 40.6 Å². The Kier molecular flexibility index (Phi) is 5.77. The molecule has 1 fully saturated rings. The van der Waals surface area contributed by atoms with E-state index in [4.69, 9.17) is 0 Å². The molecule has 2 rings (SSSR count). The van der Waals surface area contributed by atoms with Crippen molar-refractivity contribution in [2.75, 3.05) is 13.1 Å². The zero-order valence-corrected chi connectivity index (χ0v) is 13.9. The Bertz CT molecular complexity index is 467. The Hall–Kier alpha value is -1.62. The second kappa shape index (κ2) is 7.58. The Labute approximate surface area is 133 Å². The molecule has 2 N–H and O–H groups in total. The van der Waals surface area contributed by atoms with Crippen LogP contribution >= 0.6 is 0 Å². The van der Waals surface area contributed by atoms with Gasteiger partial charge in [0.2, 0.25) is 0 Å². The highest BCUT2D eigenvalue weighted by Gasteiger charge is 2.23. The number of carbonyl (C=O) groups excluding carboxylic acids is 1. The molecule has 22 heavy (non-hydrogen) atoms. The molecule has 5 nitrogen and oxygen atoms in total. The molecule has 0 unspecified atom stereocenters. The van der Waals surface area contributed by atoms with Crippen LogP contribution in [0.1, 0.15) is 45.6 Å². The van der Waals surface area contributed by atoms with Gasteiger partial charge in [-0.25, -0.2) is 4.79 Å². The van der Waals surface area contributed by atoms with Crippen LogP contribution in [0.15, 0.2) is 24.5 Å². The van der Waals surface area contributed by atoms with Crippen molar-refractivity contribution in [3.8, 4) is 0 Å². The van der Waals surface area contributed by atoms with E-state index in [0.29, 0.717) is 0 Å². The molecule has 5 heteroatoms. The van der Waals surface area contributed by atoms with E-state index in [1.54, 1.807) is 0 Å². The molecule has 0 atom stereocenters. The molecule has 0 aliphatic carbocycles. The lowest BCUT2D eigenvalue weighted by atomic mass is 10.0. The smallest absolute Gasteiger partial charge is 0.315 e. The highest BCUT2D eigenvalue weighted by Crippen LogP contribution is 2.14. The summed E-state index contributed by atoms with van der Waals surface area (Å²) >= 11 is 0. The average molecular weight is 304 g/mol. The fraction of sp³-hybridized carbons (Fsp3) is 0.647. The zero-order valence-electron chi connectivity index (χ0n) is 13.9. The first kappa shape index (κ1) is 16.7. The number of aromatic nitrogens is 1. The van der Waals surface area contributed by atoms with Gasteiger partial charge in [0, 0.05) is 43.6 Å². The lowest BCUT2D eigenvalue weighted by Crippen LogP contribution is -2.52. The van der Waals surface area contributed by atoms with Crippen molar-refractivity contribution in [2.24, 2.45) is 0 Å². The molecule has 0 bridgehead atoms. The molecule has 1 aromatic rings. The SMILES string of the molecule is CCC(C)(C)NC(=O)NC1CCN(Cc2ccncc2)CC1. The molecule has 1 aliphatic rings. The van der Waals surface area contributed by atoms with Crippen molar-refractivity contribution in [1.29, 1.82) is 0 Å². The maximum Gasteiger partial charge on any atom is 0.315 e. The molecule has 2 heterocycles. The van der Waals surface area contributed by atoms with Crippen molar-refractivity contribution in [1.82, 2.24) is 20.5 Å². The summed E-state index contributed by atoms with van der Waals surface area (Å²) < 4.78 is 0. The number of urea groups is 1. The number of hydrogen-bond acceptors (Lipinski definition) is 3. The third-order valence-electron chi connectivity index (χ3n) is 4.41. The van der Waals surface area contributed by atoms with E-state index in [1.807, 2.05) is 26.2 Å². The molecule has 1 aromatic heterocycles. The summed E-state index contributed by atoms with van der Waals surface area (Å²) in [5.74, 6) is 0. The van der Waals surface area contributed by atoms with Gasteiger partial charge in [0.25, 0.3) is 0 Å². The number of hydrogen-bond donors (Lipinski definition) is 2. The highest BCUT2D eigenvalue weighted by atomic mass is 16.2. The van der Waals surface area contributed by atoms with Gasteiger partial charge in [-0.3, -0.25) is 9.88 Å². The summed E-state index contributed by atoms with van der Waals surface area (Å²) in [4.78, 5) is 18.5. The van der Waals surface area contributed by atoms with Crippen LogP contribution in [0.2, 0.25) is 0 Å². The van der Waals surface area contributed by atoms with Crippen LogP contribution < -0.4 is 10.6 Å². The molecule has 0 saturated carbocycles. The first-order valence-corrected chi connectivity index (χ1v) is 8.18. The number of likely N-dealkylation sites (tertiary alicyclic amines) is 1. The van der Waals surface area contributed by atoms with Crippen LogP contribution in [-0.2, 0) is 6.54 Å². The van der Waals surface area contributed by atoms with Gasteiger partial charge in [0.1, 0.15) is 0 Å². The van der Waals surface area contributed by atoms with Crippen molar-refractivity contribution in [2.45, 2.75) is 58.2 Å². The molecule has 122 valence electrons. The van der Waals surface area contributed by atoms with E-state index in [2.05, 4.69) is 39.6 Å². The highest BCUT2D eigenvalue weighted by molar-refractivity contribution is 5.75. The molecule has 0 spiro atoms. The van der Waals surface area contributed by atoms with Gasteiger partial charge in [0.15, 0.2) is 0 Å². The summed E-state index contributed by atoms with van der Waals surface area (Å²) in [6.07, 6.45) is 6.60. The van der Waals surface area contributed by atoms with Gasteiger partial charge >= 0.3 is 6.03 Å². The minimum atomic E-state index is -0.147. The Morgan fingerprint density at radius 2 is 1.95 bits per heavy atom. The minimum Gasteiger partial charge on any atom is -0.335 e. The van der Waals surface area contributed by atoms with Gasteiger partial charge in [-0.15, -0.1) is 0 Å². The topological polar surface area (TPSA) is 57.3 Å². The fourth-order valence-corrected chi connectivity index (χ4v) is 2.60. The Morgan fingerprint density at radius 3 is 2.55 bits per heavy atom. The summed E-state index contributed by atoms with van der Waals surface area (Å²) in [5, 5.41) is 6.14. The first-order chi connectivity index (χ1) is 10.5. The van der Waals surface area contributed by atoms with Gasteiger partial charge in [-0.1, -0.05) is 6.92 Å². The van der Waals surface area contributed by atoms with E-state index in [1.165, 1.54) is 5.56 Å². The number of nitrogens with one attached hydrogen (secondary N) is 2. The van der Waals surface area contributed by atoms with Crippen molar-refractivity contribution in [3.63, 3.8) is 0 Å². The van der Waals surface area contributed by atoms with Crippen molar-refractivity contribution < 1.29 is 4.79 Å². The predicted octanol–water partition coefficient (Wildman–Crippen LogP) is 2.53. The van der Waals surface area contributed by atoms with Gasteiger partial charge < -0.3 is 10.6 Å². The number of amides is 2. The average Bonchev–Trinajstić information content (AvgIpc) is 2.50. The fourth-order valence-electron chi connectivity index (χ4n) is 2.60. The van der Waals surface area contributed by atoms with Crippen LogP contribution in [0, 0.1) is 0 Å². The van der Waals surface area contributed by atoms with E-state index in [0.717, 1.165) is 38.9 Å². The molecule has 2 amide bonds. The number of carbonyl (C=O) groups is 1. The maximum absolute atomic E-state index is 12.0. The third kappa shape index (κ3) is 5.30. The first-order valence-electron chi connectivity index (χ1n) is 8.18. The molecule has 0 aromatic carbocycles. The second-order valence-corrected chi connectivity index (χ2v) is 6.74. The monoisotopic (exact) mass is 304 g/mol. The van der Waals surface area contributed by atoms with E-state index in [9.17, 15) is 4.79 Å². The van der Waals surface area contributed by atoms with Gasteiger partial charge in [-0.2, -0.15) is 0 Å². The third-order valence-corrected chi connectivity index (χ3v) is 4.41. The summed E-state index contributed by atoms with van der Waals surface area (Å²) in [6, 6.07) is 4.36. The largest absolute Gasteiger partial charge is 0.335 e. The predicted molar refractivity (Wildman–Crippen MR) is 88.6 cm³/mol. The summed E-state index contributed by atoms with van der Waals surface area (Å²) in [5.41, 5.74) is 1.15. The van der Waals surface area contributed by atoms with Crippen LogP contribution in [0.4, 0.5) is 4.79 Å².